The SMILES string of the molecule is [2H]c1c([2H])c([2H])c(C2(c3c([2H])c([2H])c([2H])c4c([2H])c([2H])c([2H])c([2H])c34)c3c([2H])c([2H])c([2H])c([2H])c3-c3c([2H])c([2H])c(-c4c([2H])c([2H])c5c(c4[2H])-c4c([2H])c([2H])c([2H])c6c([2H])c([2H])c([2H])c(c46)O5)c([2H])c32)c([2H])c1[2H]. The minimum absolute atomic E-state index is 0.388. The normalized spacial score (nSPS) is 24.2. The lowest BCUT2D eigenvalue weighted by Crippen LogP contribution is -2.29. The molecule has 1 nitrogen and oxygen atoms in total. The van der Waals surface area contributed by atoms with E-state index in [1.54, 1.807) is 0 Å². The lowest BCUT2D eigenvalue weighted by Gasteiger charge is -2.35. The summed E-state index contributed by atoms with van der Waals surface area (Å²) in [5.74, 6) is -1.29. The van der Waals surface area contributed by atoms with Crippen LogP contribution in [0.1, 0.15) is 60.6 Å². The minimum Gasteiger partial charge on any atom is -0.456 e. The number of rotatable bonds is 3. The van der Waals surface area contributed by atoms with Gasteiger partial charge >= 0.3 is 0 Å². The molecule has 1 atom stereocenters. The molecule has 0 fully saturated rings. The Morgan fingerprint density at radius 2 is 1.07 bits per heavy atom. The van der Waals surface area contributed by atoms with E-state index in [0.717, 1.165) is 0 Å². The molecule has 0 saturated heterocycles. The van der Waals surface area contributed by atoms with Gasteiger partial charge in [0.2, 0.25) is 0 Å². The van der Waals surface area contributed by atoms with E-state index >= 15 is 0 Å². The van der Waals surface area contributed by atoms with Crippen molar-refractivity contribution in [2.45, 2.75) is 5.41 Å². The summed E-state index contributed by atoms with van der Waals surface area (Å²) in [6.07, 6.45) is 0. The van der Waals surface area contributed by atoms with Crippen molar-refractivity contribution in [2.24, 2.45) is 0 Å². The van der Waals surface area contributed by atoms with Crippen LogP contribution in [0.2, 0.25) is 0 Å². The van der Waals surface area contributed by atoms with E-state index in [1.807, 2.05) is 0 Å². The summed E-state index contributed by atoms with van der Waals surface area (Å²) in [7, 11) is 0. The van der Waals surface area contributed by atoms with Crippen LogP contribution in [0.4, 0.5) is 0 Å². The van der Waals surface area contributed by atoms with Gasteiger partial charge in [-0.1, -0.05) is 145 Å². The zero-order valence-electron chi connectivity index (χ0n) is 50.9. The van der Waals surface area contributed by atoms with E-state index in [2.05, 4.69) is 0 Å². The molecule has 0 radical (unpaired) electrons. The lowest BCUT2D eigenvalue weighted by atomic mass is 9.66. The fourth-order valence-electron chi connectivity index (χ4n) is 6.14. The third-order valence-corrected chi connectivity index (χ3v) is 8.01. The van der Waals surface area contributed by atoms with Gasteiger partial charge in [-0.3, -0.25) is 0 Å². The summed E-state index contributed by atoms with van der Waals surface area (Å²) in [6, 6.07) is -28.4. The Morgan fingerprint density at radius 3 is 2.00 bits per heavy atom. The first-order valence-electron chi connectivity index (χ1n) is 27.7. The van der Waals surface area contributed by atoms with Gasteiger partial charge in [-0.2, -0.15) is 0 Å². The van der Waals surface area contributed by atoms with Crippen molar-refractivity contribution in [1.82, 2.24) is 0 Å². The van der Waals surface area contributed by atoms with Crippen molar-refractivity contribution in [3.05, 3.63) is 191 Å². The van der Waals surface area contributed by atoms with Crippen LogP contribution in [-0.4, -0.2) is 0 Å². The number of hydrogen-bond donors (Lipinski definition) is 0. The molecule has 1 aliphatic carbocycles. The first-order valence-corrected chi connectivity index (χ1v) is 13.7. The predicted octanol–water partition coefficient (Wildman–Crippen LogP) is 11.8. The van der Waals surface area contributed by atoms with Crippen LogP contribution in [0, 0.1) is 0 Å². The van der Waals surface area contributed by atoms with Gasteiger partial charge in [0.25, 0.3) is 0 Å². The molecule has 1 heterocycles. The quantitative estimate of drug-likeness (QED) is 0.193. The van der Waals surface area contributed by atoms with Gasteiger partial charge in [0, 0.05) is 10.9 Å². The second kappa shape index (κ2) is 9.54. The second-order valence-electron chi connectivity index (χ2n) is 10.3. The highest BCUT2D eigenvalue weighted by molar-refractivity contribution is 6.04. The van der Waals surface area contributed by atoms with E-state index in [9.17, 15) is 16.4 Å². The molecule has 1 unspecified atom stereocenters. The van der Waals surface area contributed by atoms with Crippen LogP contribution in [0.3, 0.4) is 0 Å². The van der Waals surface area contributed by atoms with Gasteiger partial charge in [0.1, 0.15) is 11.5 Å². The number of hydrogen-bond acceptors (Lipinski definition) is 1. The first-order chi connectivity index (χ1) is 34.5. The lowest BCUT2D eigenvalue weighted by molar-refractivity contribution is 0.487. The van der Waals surface area contributed by atoms with Crippen LogP contribution in [0.25, 0.3) is 54.9 Å². The average molecular weight is 613 g/mol. The Kier molecular flexibility index (Phi) is 2.14. The third kappa shape index (κ3) is 3.40. The molecule has 0 N–H and O–H groups in total. The van der Waals surface area contributed by atoms with Crippen molar-refractivity contribution in [2.75, 3.05) is 0 Å². The monoisotopic (exact) mass is 612 g/mol. The molecule has 0 amide bonds. The van der Waals surface area contributed by atoms with Gasteiger partial charge < -0.3 is 4.74 Å². The third-order valence-electron chi connectivity index (χ3n) is 8.01. The van der Waals surface area contributed by atoms with E-state index in [1.165, 1.54) is 0 Å². The maximum Gasteiger partial charge on any atom is 0.135 e. The molecule has 2 aliphatic rings. The molecule has 214 valence electrons. The highest BCUT2D eigenvalue weighted by Crippen LogP contribution is 2.58. The molecule has 0 spiro atoms. The summed E-state index contributed by atoms with van der Waals surface area (Å²) in [5.41, 5.74) is -11.8. The minimum atomic E-state index is -3.32. The molecule has 1 aliphatic heterocycles. The molecule has 8 aromatic carbocycles. The van der Waals surface area contributed by atoms with E-state index in [-0.39, 0.29) is 5.39 Å². The van der Waals surface area contributed by atoms with Crippen molar-refractivity contribution in [3.63, 3.8) is 0 Å². The molecular formula is C45H28O. The van der Waals surface area contributed by atoms with Gasteiger partial charge in [-0.15, -0.1) is 0 Å². The Balaban J connectivity index is 1.53. The zero-order chi connectivity index (χ0) is 54.6. The molecule has 46 heavy (non-hydrogen) atoms. The Labute approximate surface area is 307 Å². The molecule has 1 heteroatoms. The maximum absolute atomic E-state index is 10.3. The second-order valence-corrected chi connectivity index (χ2v) is 10.3. The number of fused-ring (bicyclic) bond motifs is 6. The van der Waals surface area contributed by atoms with Crippen molar-refractivity contribution in [1.29, 1.82) is 0 Å². The number of ether oxygens (including phenoxy) is 1. The summed E-state index contributed by atoms with van der Waals surface area (Å²) in [4.78, 5) is 0. The van der Waals surface area contributed by atoms with Crippen molar-refractivity contribution >= 4 is 21.5 Å². The molecule has 10 rings (SSSR count). The molecule has 0 saturated carbocycles. The Bertz CT molecular complexity index is 4040. The summed E-state index contributed by atoms with van der Waals surface area (Å²) in [6.45, 7) is 0. The summed E-state index contributed by atoms with van der Waals surface area (Å²) >= 11 is 0. The van der Waals surface area contributed by atoms with E-state index < -0.39 is 258 Å². The van der Waals surface area contributed by atoms with Gasteiger partial charge in [-0.25, -0.2) is 0 Å². The zero-order valence-corrected chi connectivity index (χ0v) is 22.9. The van der Waals surface area contributed by atoms with E-state index in [4.69, 9.17) is 26.7 Å². The van der Waals surface area contributed by atoms with Gasteiger partial charge in [0.05, 0.1) is 43.8 Å². The topological polar surface area (TPSA) is 9.23 Å². The Morgan fingerprint density at radius 1 is 0.413 bits per heavy atom. The average Bonchev–Trinajstić information content (AvgIpc) is 3.68. The highest BCUT2D eigenvalue weighted by atomic mass is 16.5. The van der Waals surface area contributed by atoms with Crippen LogP contribution in [0.5, 0.6) is 11.5 Å². The van der Waals surface area contributed by atoms with Crippen LogP contribution < -0.4 is 4.74 Å². The first kappa shape index (κ1) is 10.3. The fraction of sp³-hybridized carbons (Fsp3) is 0.0222. The smallest absolute Gasteiger partial charge is 0.135 e. The molecule has 0 aromatic heterocycles. The highest BCUT2D eigenvalue weighted by Gasteiger charge is 2.46. The molecule has 8 aromatic rings. The largest absolute Gasteiger partial charge is 0.456 e. The molecular weight excluding hydrogens is 556 g/mol. The predicted molar refractivity (Wildman–Crippen MR) is 190 cm³/mol. The van der Waals surface area contributed by atoms with Crippen LogP contribution >= 0.6 is 0 Å². The van der Waals surface area contributed by atoms with Gasteiger partial charge in [0.15, 0.2) is 0 Å². The maximum atomic E-state index is 10.3. The number of benzene rings is 8. The Hall–Kier alpha value is -5.92. The fourth-order valence-corrected chi connectivity index (χ4v) is 6.14. The summed E-state index contributed by atoms with van der Waals surface area (Å²) in [5, 5.41) is -2.52. The van der Waals surface area contributed by atoms with Crippen molar-refractivity contribution < 1.29 is 43.1 Å². The van der Waals surface area contributed by atoms with Crippen LogP contribution in [0.15, 0.2) is 169 Å². The van der Waals surface area contributed by atoms with E-state index in [0.29, 0.717) is 0 Å². The van der Waals surface area contributed by atoms with Crippen LogP contribution in [-0.2, 0) is 5.41 Å². The van der Waals surface area contributed by atoms with Crippen molar-refractivity contribution in [3.8, 4) is 44.9 Å². The standard InChI is InChI=1S/C45H28O/c1-2-15-33(16-3-1)45(39-21-9-12-29-11-4-5-17-34(29)39)40-20-7-6-18-35(40)36-25-23-32(28-41(36)45)31-24-26-42-38(27-31)37-19-8-13-30-14-10-22-43(46-42)44(30)37/h1-28H/i1D,2D,3D,4D,5D,6D,7D,8D,9D,10D,11D,12D,13D,14D,15D,16D,17D,18D,19D,20D,21D,22D,23D,24D,25D,26D,27D,28D. The molecule has 0 bridgehead atoms. The summed E-state index contributed by atoms with van der Waals surface area (Å²) < 4.78 is 262. The van der Waals surface area contributed by atoms with Gasteiger partial charge in [-0.05, 0) is 90.4 Å².